The fourth-order valence-corrected chi connectivity index (χ4v) is 1.72. The molecule has 0 saturated carbocycles. The Labute approximate surface area is 120 Å². The van der Waals surface area contributed by atoms with Crippen LogP contribution in [0.1, 0.15) is 11.1 Å². The zero-order valence-corrected chi connectivity index (χ0v) is 12.2. The Morgan fingerprint density at radius 1 is 1.30 bits per heavy atom. The second-order valence-electron chi connectivity index (χ2n) is 4.45. The maximum Gasteiger partial charge on any atom is 0.320 e. The van der Waals surface area contributed by atoms with Crippen molar-refractivity contribution in [2.24, 2.45) is 0 Å². The van der Waals surface area contributed by atoms with E-state index in [1.165, 1.54) is 0 Å². The zero-order chi connectivity index (χ0) is 15.0. The van der Waals surface area contributed by atoms with Crippen molar-refractivity contribution in [3.8, 4) is 5.75 Å². The van der Waals surface area contributed by atoms with Gasteiger partial charge in [0.05, 0.1) is 0 Å². The summed E-state index contributed by atoms with van der Waals surface area (Å²) in [6, 6.07) is 5.65. The molecule has 0 heterocycles. The molecule has 0 spiro atoms. The number of rotatable bonds is 7. The lowest BCUT2D eigenvalue weighted by Gasteiger charge is -2.20. The smallest absolute Gasteiger partial charge is 0.320 e. The predicted octanol–water partition coefficient (Wildman–Crippen LogP) is 3.02. The lowest BCUT2D eigenvalue weighted by molar-refractivity contribution is 0.193. The van der Waals surface area contributed by atoms with Gasteiger partial charge in [-0.25, -0.2) is 4.79 Å². The quantitative estimate of drug-likeness (QED) is 0.613. The molecule has 4 nitrogen and oxygen atoms in total. The fourth-order valence-electron chi connectivity index (χ4n) is 1.72. The predicted molar refractivity (Wildman–Crippen MR) is 81.9 cm³/mol. The molecule has 0 aliphatic rings. The van der Waals surface area contributed by atoms with Crippen molar-refractivity contribution in [1.29, 1.82) is 0 Å². The Kier molecular flexibility index (Phi) is 6.37. The molecule has 1 rings (SSSR count). The van der Waals surface area contributed by atoms with Crippen LogP contribution >= 0.6 is 0 Å². The van der Waals surface area contributed by atoms with Crippen molar-refractivity contribution in [1.82, 2.24) is 10.2 Å². The molecule has 108 valence electrons. The average Bonchev–Trinajstić information content (AvgIpc) is 2.43. The summed E-state index contributed by atoms with van der Waals surface area (Å²) < 4.78 is 5.58. The normalized spacial score (nSPS) is 9.70. The second kappa shape index (κ2) is 8.04. The van der Waals surface area contributed by atoms with Crippen molar-refractivity contribution in [3.63, 3.8) is 0 Å². The van der Waals surface area contributed by atoms with Crippen molar-refractivity contribution >= 4 is 6.03 Å². The van der Waals surface area contributed by atoms with Gasteiger partial charge in [0, 0.05) is 13.1 Å². The van der Waals surface area contributed by atoms with E-state index in [0.29, 0.717) is 13.1 Å². The third kappa shape index (κ3) is 4.46. The van der Waals surface area contributed by atoms with Crippen LogP contribution in [0.15, 0.2) is 43.5 Å². The summed E-state index contributed by atoms with van der Waals surface area (Å²) in [7, 11) is 0. The van der Waals surface area contributed by atoms with E-state index in [1.807, 2.05) is 32.0 Å². The minimum absolute atomic E-state index is 0.133. The van der Waals surface area contributed by atoms with Crippen LogP contribution in [0.3, 0.4) is 0 Å². The van der Waals surface area contributed by atoms with Gasteiger partial charge in [0.15, 0.2) is 6.73 Å². The third-order valence-corrected chi connectivity index (χ3v) is 2.99. The van der Waals surface area contributed by atoms with Gasteiger partial charge in [-0.1, -0.05) is 24.3 Å². The van der Waals surface area contributed by atoms with E-state index >= 15 is 0 Å². The molecule has 0 saturated heterocycles. The van der Waals surface area contributed by atoms with Crippen LogP contribution in [0.5, 0.6) is 5.75 Å². The molecule has 0 unspecified atom stereocenters. The Balaban J connectivity index is 2.50. The summed E-state index contributed by atoms with van der Waals surface area (Å²) in [6.07, 6.45) is 3.35. The molecule has 0 aliphatic carbocycles. The number of aryl methyl sites for hydroxylation is 1. The van der Waals surface area contributed by atoms with Crippen molar-refractivity contribution in [3.05, 3.63) is 54.6 Å². The first-order valence-electron chi connectivity index (χ1n) is 6.53. The number of carbonyl (C=O) groups is 1. The first-order valence-corrected chi connectivity index (χ1v) is 6.53. The Bertz CT molecular complexity index is 473. The van der Waals surface area contributed by atoms with Crippen molar-refractivity contribution in [2.45, 2.75) is 13.8 Å². The van der Waals surface area contributed by atoms with Crippen LogP contribution in [-0.2, 0) is 0 Å². The summed E-state index contributed by atoms with van der Waals surface area (Å²) in [5, 5.41) is 2.72. The number of amides is 2. The van der Waals surface area contributed by atoms with Gasteiger partial charge in [0.1, 0.15) is 5.75 Å². The summed E-state index contributed by atoms with van der Waals surface area (Å²) in [5.74, 6) is 0.782. The molecule has 0 bridgehead atoms. The number of carbonyl (C=O) groups excluding carboxylic acids is 1. The lowest BCUT2D eigenvalue weighted by atomic mass is 10.1. The van der Waals surface area contributed by atoms with Crippen LogP contribution in [0.4, 0.5) is 4.79 Å². The molecule has 0 atom stereocenters. The number of hydrogen-bond donors (Lipinski definition) is 1. The summed E-state index contributed by atoms with van der Waals surface area (Å²) in [5.41, 5.74) is 2.24. The van der Waals surface area contributed by atoms with Gasteiger partial charge in [-0.05, 0) is 31.0 Å². The van der Waals surface area contributed by atoms with E-state index in [-0.39, 0.29) is 12.8 Å². The van der Waals surface area contributed by atoms with E-state index in [9.17, 15) is 4.79 Å². The summed E-state index contributed by atoms with van der Waals surface area (Å²) in [4.78, 5) is 13.5. The Morgan fingerprint density at radius 2 is 1.95 bits per heavy atom. The maximum absolute atomic E-state index is 11.9. The first kappa shape index (κ1) is 15.8. The highest BCUT2D eigenvalue weighted by molar-refractivity contribution is 5.74. The van der Waals surface area contributed by atoms with E-state index in [0.717, 1.165) is 16.9 Å². The van der Waals surface area contributed by atoms with Crippen LogP contribution in [0.25, 0.3) is 0 Å². The van der Waals surface area contributed by atoms with Crippen molar-refractivity contribution in [2.75, 3.05) is 19.8 Å². The molecule has 1 aromatic carbocycles. The molecular weight excluding hydrogens is 252 g/mol. The average molecular weight is 274 g/mol. The number of benzene rings is 1. The minimum atomic E-state index is -0.199. The Hall–Kier alpha value is -2.23. The van der Waals surface area contributed by atoms with Gasteiger partial charge in [0.25, 0.3) is 0 Å². The van der Waals surface area contributed by atoms with Crippen LogP contribution in [0.2, 0.25) is 0 Å². The number of nitrogens with one attached hydrogen (secondary N) is 1. The van der Waals surface area contributed by atoms with Gasteiger partial charge in [-0.3, -0.25) is 0 Å². The van der Waals surface area contributed by atoms with Crippen LogP contribution in [-0.4, -0.2) is 30.8 Å². The van der Waals surface area contributed by atoms with Gasteiger partial charge in [0.2, 0.25) is 0 Å². The van der Waals surface area contributed by atoms with E-state index in [1.54, 1.807) is 17.1 Å². The molecule has 4 heteroatoms. The number of urea groups is 1. The minimum Gasteiger partial charge on any atom is -0.473 e. The zero-order valence-electron chi connectivity index (χ0n) is 12.2. The van der Waals surface area contributed by atoms with Gasteiger partial charge >= 0.3 is 6.03 Å². The number of nitrogens with zero attached hydrogens (tertiary/aromatic N) is 1. The highest BCUT2D eigenvalue weighted by Gasteiger charge is 2.10. The topological polar surface area (TPSA) is 41.6 Å². The molecule has 1 aromatic rings. The van der Waals surface area contributed by atoms with Gasteiger partial charge < -0.3 is 15.0 Å². The SMILES string of the molecule is C=CCN(CC=C)C(=O)NCOc1cccc(C)c1C. The first-order chi connectivity index (χ1) is 9.60. The molecule has 2 amide bonds. The van der Waals surface area contributed by atoms with Crippen LogP contribution in [0, 0.1) is 13.8 Å². The highest BCUT2D eigenvalue weighted by Crippen LogP contribution is 2.19. The second-order valence-corrected chi connectivity index (χ2v) is 4.45. The molecule has 0 aromatic heterocycles. The summed E-state index contributed by atoms with van der Waals surface area (Å²) in [6.45, 7) is 12.4. The standard InChI is InChI=1S/C16H22N2O2/c1-5-10-18(11-6-2)16(19)17-12-20-15-9-7-8-13(3)14(15)4/h5-9H,1-2,10-12H2,3-4H3,(H,17,19). The molecular formula is C16H22N2O2. The fraction of sp³-hybridized carbons (Fsp3) is 0.312. The third-order valence-electron chi connectivity index (χ3n) is 2.99. The summed E-state index contributed by atoms with van der Waals surface area (Å²) >= 11 is 0. The van der Waals surface area contributed by atoms with Gasteiger partial charge in [-0.15, -0.1) is 13.2 Å². The molecule has 20 heavy (non-hydrogen) atoms. The lowest BCUT2D eigenvalue weighted by Crippen LogP contribution is -2.41. The highest BCUT2D eigenvalue weighted by atomic mass is 16.5. The largest absolute Gasteiger partial charge is 0.473 e. The molecule has 0 radical (unpaired) electrons. The molecule has 0 aliphatic heterocycles. The number of ether oxygens (including phenoxy) is 1. The maximum atomic E-state index is 11.9. The van der Waals surface area contributed by atoms with E-state index in [2.05, 4.69) is 18.5 Å². The molecule has 0 fully saturated rings. The van der Waals surface area contributed by atoms with Gasteiger partial charge in [-0.2, -0.15) is 0 Å². The number of hydrogen-bond acceptors (Lipinski definition) is 2. The van der Waals surface area contributed by atoms with Crippen molar-refractivity contribution < 1.29 is 9.53 Å². The Morgan fingerprint density at radius 3 is 2.55 bits per heavy atom. The van der Waals surface area contributed by atoms with E-state index in [4.69, 9.17) is 4.74 Å². The monoisotopic (exact) mass is 274 g/mol. The van der Waals surface area contributed by atoms with Crippen LogP contribution < -0.4 is 10.1 Å². The molecule has 1 N–H and O–H groups in total. The van der Waals surface area contributed by atoms with E-state index < -0.39 is 0 Å².